The van der Waals surface area contributed by atoms with Gasteiger partial charge in [0.2, 0.25) is 5.95 Å². The van der Waals surface area contributed by atoms with Gasteiger partial charge in [0.05, 0.1) is 28.0 Å². The van der Waals surface area contributed by atoms with Crippen molar-refractivity contribution in [3.8, 4) is 5.69 Å². The van der Waals surface area contributed by atoms with Crippen LogP contribution in [0.25, 0.3) is 5.69 Å². The molecule has 4 rings (SSSR count). The monoisotopic (exact) mass is 462 g/mol. The molecule has 33 heavy (non-hydrogen) atoms. The standard InChI is InChI=1S/C23H22N6O3S/c1-15-13-16(2)26-23(25-15)28-33(31,32)20-11-9-18(10-12-20)27-22(30)21-14-24-29(17(21)3)19-7-5-4-6-8-19/h4-14H,1-3H3,(H,27,30)(H,25,26,28). The molecule has 0 saturated carbocycles. The predicted octanol–water partition coefficient (Wildman–Crippen LogP) is 3.64. The highest BCUT2D eigenvalue weighted by Gasteiger charge is 2.18. The molecule has 2 heterocycles. The maximum atomic E-state index is 12.8. The maximum Gasteiger partial charge on any atom is 0.264 e. The molecule has 0 radical (unpaired) electrons. The summed E-state index contributed by atoms with van der Waals surface area (Å²) < 4.78 is 29.4. The molecule has 1 amide bonds. The molecule has 4 aromatic rings. The van der Waals surface area contributed by atoms with Gasteiger partial charge < -0.3 is 5.32 Å². The first-order chi connectivity index (χ1) is 15.7. The number of carbonyl (C=O) groups is 1. The van der Waals surface area contributed by atoms with Crippen LogP contribution >= 0.6 is 0 Å². The van der Waals surface area contributed by atoms with Gasteiger partial charge in [0.15, 0.2) is 0 Å². The number of rotatable bonds is 6. The Morgan fingerprint density at radius 1 is 0.909 bits per heavy atom. The van der Waals surface area contributed by atoms with E-state index >= 15 is 0 Å². The van der Waals surface area contributed by atoms with Gasteiger partial charge in [-0.05, 0) is 63.2 Å². The van der Waals surface area contributed by atoms with E-state index in [4.69, 9.17) is 0 Å². The highest BCUT2D eigenvalue weighted by Crippen LogP contribution is 2.19. The largest absolute Gasteiger partial charge is 0.322 e. The van der Waals surface area contributed by atoms with Gasteiger partial charge in [-0.25, -0.2) is 27.8 Å². The van der Waals surface area contributed by atoms with Crippen LogP contribution in [-0.4, -0.2) is 34.1 Å². The summed E-state index contributed by atoms with van der Waals surface area (Å²) >= 11 is 0. The van der Waals surface area contributed by atoms with Crippen LogP contribution in [0.3, 0.4) is 0 Å². The Morgan fingerprint density at radius 3 is 2.18 bits per heavy atom. The normalized spacial score (nSPS) is 11.2. The maximum absolute atomic E-state index is 12.8. The molecular formula is C23H22N6O3S. The molecule has 0 aliphatic heterocycles. The molecule has 9 nitrogen and oxygen atoms in total. The number of sulfonamides is 1. The Balaban J connectivity index is 1.49. The quantitative estimate of drug-likeness (QED) is 0.452. The van der Waals surface area contributed by atoms with E-state index in [0.717, 1.165) is 5.69 Å². The molecule has 0 bridgehead atoms. The average molecular weight is 463 g/mol. The number of para-hydroxylation sites is 1. The molecule has 0 unspecified atom stereocenters. The second kappa shape index (κ2) is 8.83. The fourth-order valence-electron chi connectivity index (χ4n) is 3.33. The predicted molar refractivity (Wildman–Crippen MR) is 125 cm³/mol. The van der Waals surface area contributed by atoms with Gasteiger partial charge in [-0.2, -0.15) is 5.10 Å². The van der Waals surface area contributed by atoms with Gasteiger partial charge in [0, 0.05) is 17.1 Å². The fraction of sp³-hybridized carbons (Fsp3) is 0.130. The van der Waals surface area contributed by atoms with Crippen molar-refractivity contribution < 1.29 is 13.2 Å². The highest BCUT2D eigenvalue weighted by atomic mass is 32.2. The lowest BCUT2D eigenvalue weighted by Crippen LogP contribution is -2.16. The number of anilines is 2. The summed E-state index contributed by atoms with van der Waals surface area (Å²) in [5, 5.41) is 7.08. The molecule has 0 fully saturated rings. The van der Waals surface area contributed by atoms with Crippen molar-refractivity contribution in [2.45, 2.75) is 25.7 Å². The number of carbonyl (C=O) groups excluding carboxylic acids is 1. The lowest BCUT2D eigenvalue weighted by atomic mass is 10.2. The number of aromatic nitrogens is 4. The van der Waals surface area contributed by atoms with E-state index in [1.165, 1.54) is 30.5 Å². The van der Waals surface area contributed by atoms with Crippen molar-refractivity contribution in [1.82, 2.24) is 19.7 Å². The summed E-state index contributed by atoms with van der Waals surface area (Å²) in [5.41, 5.74) is 3.73. The van der Waals surface area contributed by atoms with Gasteiger partial charge in [-0.1, -0.05) is 18.2 Å². The van der Waals surface area contributed by atoms with Crippen LogP contribution in [0.4, 0.5) is 11.6 Å². The van der Waals surface area contributed by atoms with E-state index in [1.54, 1.807) is 24.6 Å². The molecule has 2 N–H and O–H groups in total. The second-order valence-electron chi connectivity index (χ2n) is 7.45. The summed E-state index contributed by atoms with van der Waals surface area (Å²) in [6.07, 6.45) is 1.50. The molecule has 0 aliphatic carbocycles. The summed E-state index contributed by atoms with van der Waals surface area (Å²) in [4.78, 5) is 21.0. The summed E-state index contributed by atoms with van der Waals surface area (Å²) in [7, 11) is -3.88. The van der Waals surface area contributed by atoms with Crippen molar-refractivity contribution in [1.29, 1.82) is 0 Å². The van der Waals surface area contributed by atoms with E-state index < -0.39 is 10.0 Å². The smallest absolute Gasteiger partial charge is 0.264 e. The zero-order valence-electron chi connectivity index (χ0n) is 18.3. The number of amides is 1. The van der Waals surface area contributed by atoms with Crippen molar-refractivity contribution in [2.75, 3.05) is 10.0 Å². The molecule has 0 atom stereocenters. The molecule has 2 aromatic carbocycles. The van der Waals surface area contributed by atoms with E-state index in [9.17, 15) is 13.2 Å². The van der Waals surface area contributed by atoms with Crippen LogP contribution < -0.4 is 10.0 Å². The molecule has 0 aliphatic rings. The SMILES string of the molecule is Cc1cc(C)nc(NS(=O)(=O)c2ccc(NC(=O)c3cnn(-c4ccccc4)c3C)cc2)n1. The Labute approximate surface area is 191 Å². The molecular weight excluding hydrogens is 440 g/mol. The topological polar surface area (TPSA) is 119 Å². The fourth-order valence-corrected chi connectivity index (χ4v) is 4.27. The number of hydrogen-bond donors (Lipinski definition) is 2. The molecule has 10 heteroatoms. The van der Waals surface area contributed by atoms with Crippen LogP contribution in [0.2, 0.25) is 0 Å². The lowest BCUT2D eigenvalue weighted by Gasteiger charge is -2.09. The minimum absolute atomic E-state index is 0.00998. The third-order valence-electron chi connectivity index (χ3n) is 4.89. The Hall–Kier alpha value is -4.05. The van der Waals surface area contributed by atoms with Crippen LogP contribution in [0.15, 0.2) is 71.8 Å². The number of benzene rings is 2. The minimum Gasteiger partial charge on any atom is -0.322 e. The Morgan fingerprint density at radius 2 is 1.55 bits per heavy atom. The average Bonchev–Trinajstić information content (AvgIpc) is 3.15. The van der Waals surface area contributed by atoms with E-state index in [2.05, 4.69) is 25.1 Å². The van der Waals surface area contributed by atoms with E-state index in [-0.39, 0.29) is 16.8 Å². The van der Waals surface area contributed by atoms with Gasteiger partial charge >= 0.3 is 0 Å². The molecule has 2 aromatic heterocycles. The number of hydrogen-bond acceptors (Lipinski definition) is 6. The number of aryl methyl sites for hydroxylation is 2. The Kier molecular flexibility index (Phi) is 5.93. The molecule has 168 valence electrons. The highest BCUT2D eigenvalue weighted by molar-refractivity contribution is 7.92. The van der Waals surface area contributed by atoms with Crippen LogP contribution in [0.1, 0.15) is 27.4 Å². The van der Waals surface area contributed by atoms with Crippen molar-refractivity contribution in [2.24, 2.45) is 0 Å². The third-order valence-corrected chi connectivity index (χ3v) is 6.23. The van der Waals surface area contributed by atoms with Crippen LogP contribution in [0.5, 0.6) is 0 Å². The summed E-state index contributed by atoms with van der Waals surface area (Å²) in [6, 6.07) is 17.1. The Bertz CT molecular complexity index is 1390. The summed E-state index contributed by atoms with van der Waals surface area (Å²) in [6.45, 7) is 5.33. The van der Waals surface area contributed by atoms with Gasteiger partial charge in [-0.3, -0.25) is 4.79 Å². The third kappa shape index (κ3) is 4.90. The number of nitrogens with zero attached hydrogens (tertiary/aromatic N) is 4. The van der Waals surface area contributed by atoms with Gasteiger partial charge in [-0.15, -0.1) is 0 Å². The summed E-state index contributed by atoms with van der Waals surface area (Å²) in [5.74, 6) is -0.331. The van der Waals surface area contributed by atoms with Crippen molar-refractivity contribution >= 4 is 27.6 Å². The molecule has 0 spiro atoms. The van der Waals surface area contributed by atoms with E-state index in [0.29, 0.717) is 28.3 Å². The van der Waals surface area contributed by atoms with Crippen molar-refractivity contribution in [3.05, 3.63) is 89.5 Å². The first-order valence-corrected chi connectivity index (χ1v) is 11.6. The zero-order valence-corrected chi connectivity index (χ0v) is 19.1. The lowest BCUT2D eigenvalue weighted by molar-refractivity contribution is 0.102. The van der Waals surface area contributed by atoms with Crippen LogP contribution in [0, 0.1) is 20.8 Å². The van der Waals surface area contributed by atoms with Gasteiger partial charge in [0.25, 0.3) is 15.9 Å². The molecule has 0 saturated heterocycles. The zero-order chi connectivity index (χ0) is 23.6. The first-order valence-electron chi connectivity index (χ1n) is 10.1. The first kappa shape index (κ1) is 22.2. The van der Waals surface area contributed by atoms with Gasteiger partial charge in [0.1, 0.15) is 0 Å². The minimum atomic E-state index is -3.88. The van der Waals surface area contributed by atoms with Crippen molar-refractivity contribution in [3.63, 3.8) is 0 Å². The second-order valence-corrected chi connectivity index (χ2v) is 9.13. The van der Waals surface area contributed by atoms with Crippen LogP contribution in [-0.2, 0) is 10.0 Å². The van der Waals surface area contributed by atoms with E-state index in [1.807, 2.05) is 37.3 Å². The number of nitrogens with one attached hydrogen (secondary N) is 2.